The first kappa shape index (κ1) is 15.3. The average molecular weight is 351 g/mol. The molecule has 3 aromatic rings. The summed E-state index contributed by atoms with van der Waals surface area (Å²) < 4.78 is 28.3. The molecule has 0 aliphatic rings. The summed E-state index contributed by atoms with van der Waals surface area (Å²) in [5.41, 5.74) is 0.824. The van der Waals surface area contributed by atoms with Gasteiger partial charge in [-0.15, -0.1) is 10.2 Å². The summed E-state index contributed by atoms with van der Waals surface area (Å²) in [5, 5.41) is 18.8. The highest BCUT2D eigenvalue weighted by atomic mass is 32.2. The van der Waals surface area contributed by atoms with Crippen molar-refractivity contribution in [1.29, 1.82) is 0 Å². The Hall–Kier alpha value is -2.59. The van der Waals surface area contributed by atoms with Crippen molar-refractivity contribution in [3.63, 3.8) is 0 Å². The Bertz CT molecular complexity index is 977. The van der Waals surface area contributed by atoms with E-state index < -0.39 is 14.8 Å². The van der Waals surface area contributed by atoms with Gasteiger partial charge in [0.25, 0.3) is 5.69 Å². The molecule has 0 bridgehead atoms. The molecule has 0 unspecified atom stereocenters. The van der Waals surface area contributed by atoms with Gasteiger partial charge in [-0.05, 0) is 18.2 Å². The minimum atomic E-state index is -3.50. The lowest BCUT2D eigenvalue weighted by Crippen LogP contribution is -1.95. The van der Waals surface area contributed by atoms with Gasteiger partial charge in [-0.25, -0.2) is 8.42 Å². The van der Waals surface area contributed by atoms with E-state index in [1.165, 1.54) is 24.5 Å². The molecular weight excluding hydrogens is 342 g/mol. The number of hydrogen-bond acceptors (Lipinski definition) is 8. The molecule has 10 heteroatoms. The van der Waals surface area contributed by atoms with Crippen molar-refractivity contribution in [2.45, 2.75) is 4.34 Å². The van der Waals surface area contributed by atoms with Gasteiger partial charge < -0.3 is 4.42 Å². The fourth-order valence-electron chi connectivity index (χ4n) is 1.94. The summed E-state index contributed by atoms with van der Waals surface area (Å²) >= 11 is 0.850. The van der Waals surface area contributed by atoms with Gasteiger partial charge in [-0.3, -0.25) is 10.1 Å². The van der Waals surface area contributed by atoms with Gasteiger partial charge in [0.15, 0.2) is 0 Å². The third-order valence-electron chi connectivity index (χ3n) is 2.95. The first-order valence-corrected chi connectivity index (χ1v) is 8.93. The first-order chi connectivity index (χ1) is 10.9. The van der Waals surface area contributed by atoms with Crippen LogP contribution in [-0.2, 0) is 9.84 Å². The molecule has 8 nitrogen and oxygen atoms in total. The minimum Gasteiger partial charge on any atom is -0.464 e. The zero-order valence-corrected chi connectivity index (χ0v) is 13.3. The van der Waals surface area contributed by atoms with Crippen molar-refractivity contribution < 1.29 is 17.8 Å². The highest BCUT2D eigenvalue weighted by Gasteiger charge is 2.21. The fraction of sp³-hybridized carbons (Fsp3) is 0.0769. The largest absolute Gasteiger partial charge is 0.464 e. The summed E-state index contributed by atoms with van der Waals surface area (Å²) in [5.74, 6) is 0.492. The van der Waals surface area contributed by atoms with Crippen LogP contribution in [-0.4, -0.2) is 29.8 Å². The van der Waals surface area contributed by atoms with E-state index in [9.17, 15) is 18.5 Å². The van der Waals surface area contributed by atoms with Crippen molar-refractivity contribution in [3.05, 3.63) is 46.7 Å². The standard InChI is InChI=1S/C13H9N3O5S2/c1-23(19,20)13-15-14-12(22-13)10-7-8(16(17)18)4-5-9(10)11-3-2-6-21-11/h2-7H,1H3. The van der Waals surface area contributed by atoms with Crippen molar-refractivity contribution in [2.75, 3.05) is 6.26 Å². The number of furan rings is 1. The quantitative estimate of drug-likeness (QED) is 0.524. The van der Waals surface area contributed by atoms with E-state index >= 15 is 0 Å². The third kappa shape index (κ3) is 2.98. The van der Waals surface area contributed by atoms with Crippen LogP contribution in [0.5, 0.6) is 0 Å². The number of nitrogens with zero attached hydrogens (tertiary/aromatic N) is 3. The molecule has 0 fully saturated rings. The minimum absolute atomic E-state index is 0.133. The van der Waals surface area contributed by atoms with Gasteiger partial charge in [-0.1, -0.05) is 11.3 Å². The van der Waals surface area contributed by atoms with E-state index in [1.54, 1.807) is 12.1 Å². The van der Waals surface area contributed by atoms with Crippen LogP contribution < -0.4 is 0 Å². The smallest absolute Gasteiger partial charge is 0.270 e. The lowest BCUT2D eigenvalue weighted by molar-refractivity contribution is -0.384. The van der Waals surface area contributed by atoms with Crippen molar-refractivity contribution in [1.82, 2.24) is 10.2 Å². The molecule has 1 aromatic carbocycles. The van der Waals surface area contributed by atoms with Crippen molar-refractivity contribution >= 4 is 26.9 Å². The van der Waals surface area contributed by atoms with E-state index in [0.29, 0.717) is 16.9 Å². The van der Waals surface area contributed by atoms with Gasteiger partial charge in [0.1, 0.15) is 10.8 Å². The maximum Gasteiger partial charge on any atom is 0.270 e. The summed E-state index contributed by atoms with van der Waals surface area (Å²) in [6.45, 7) is 0. The second-order valence-electron chi connectivity index (χ2n) is 4.61. The molecule has 0 saturated carbocycles. The van der Waals surface area contributed by atoms with E-state index in [2.05, 4.69) is 10.2 Å². The summed E-state index contributed by atoms with van der Waals surface area (Å²) in [6, 6.07) is 7.59. The van der Waals surface area contributed by atoms with Crippen LogP contribution in [0.3, 0.4) is 0 Å². The second kappa shape index (κ2) is 5.56. The normalized spacial score (nSPS) is 11.5. The number of non-ortho nitro benzene ring substituents is 1. The third-order valence-corrected chi connectivity index (χ3v) is 5.58. The number of rotatable bonds is 4. The Morgan fingerprint density at radius 2 is 2.00 bits per heavy atom. The van der Waals surface area contributed by atoms with Crippen LogP contribution >= 0.6 is 11.3 Å². The fourth-order valence-corrected chi connectivity index (χ4v) is 3.58. The van der Waals surface area contributed by atoms with Gasteiger partial charge >= 0.3 is 0 Å². The van der Waals surface area contributed by atoms with Gasteiger partial charge in [0, 0.05) is 29.5 Å². The van der Waals surface area contributed by atoms with Crippen molar-refractivity contribution in [2.24, 2.45) is 0 Å². The second-order valence-corrected chi connectivity index (χ2v) is 7.78. The molecule has 0 spiro atoms. The number of hydrogen-bond donors (Lipinski definition) is 0. The van der Waals surface area contributed by atoms with Crippen LogP contribution in [0.1, 0.15) is 0 Å². The Kier molecular flexibility index (Phi) is 3.70. The van der Waals surface area contributed by atoms with Gasteiger partial charge in [0.2, 0.25) is 14.2 Å². The Balaban J connectivity index is 2.21. The summed E-state index contributed by atoms with van der Waals surface area (Å²) in [6.07, 6.45) is 2.50. The molecular formula is C13H9N3O5S2. The number of sulfone groups is 1. The lowest BCUT2D eigenvalue weighted by atomic mass is 10.0. The zero-order chi connectivity index (χ0) is 16.6. The van der Waals surface area contributed by atoms with E-state index in [4.69, 9.17) is 4.42 Å². The summed E-state index contributed by atoms with van der Waals surface area (Å²) in [7, 11) is -3.50. The van der Waals surface area contributed by atoms with Crippen LogP contribution in [0, 0.1) is 10.1 Å². The van der Waals surface area contributed by atoms with E-state index in [-0.39, 0.29) is 15.0 Å². The van der Waals surface area contributed by atoms with E-state index in [1.807, 2.05) is 0 Å². The maximum absolute atomic E-state index is 11.5. The molecule has 118 valence electrons. The van der Waals surface area contributed by atoms with E-state index in [0.717, 1.165) is 17.6 Å². The lowest BCUT2D eigenvalue weighted by Gasteiger charge is -2.04. The molecule has 0 amide bonds. The highest BCUT2D eigenvalue weighted by Crippen LogP contribution is 2.37. The molecule has 0 aliphatic heterocycles. The Labute approximate surface area is 134 Å². The molecule has 0 N–H and O–H groups in total. The topological polar surface area (TPSA) is 116 Å². The predicted octanol–water partition coefficient (Wildman–Crippen LogP) is 2.78. The highest BCUT2D eigenvalue weighted by molar-refractivity contribution is 7.92. The molecule has 23 heavy (non-hydrogen) atoms. The maximum atomic E-state index is 11.5. The van der Waals surface area contributed by atoms with Gasteiger partial charge in [0.05, 0.1) is 11.2 Å². The average Bonchev–Trinajstić information content (AvgIpc) is 3.17. The number of benzene rings is 1. The molecule has 2 aromatic heterocycles. The molecule has 0 radical (unpaired) electrons. The molecule has 0 atom stereocenters. The summed E-state index contributed by atoms with van der Waals surface area (Å²) in [4.78, 5) is 10.5. The van der Waals surface area contributed by atoms with Crippen LogP contribution in [0.15, 0.2) is 45.4 Å². The van der Waals surface area contributed by atoms with Crippen LogP contribution in [0.2, 0.25) is 0 Å². The monoisotopic (exact) mass is 351 g/mol. The molecule has 0 aliphatic carbocycles. The molecule has 3 rings (SSSR count). The number of aromatic nitrogens is 2. The predicted molar refractivity (Wildman–Crippen MR) is 82.8 cm³/mol. The van der Waals surface area contributed by atoms with Crippen molar-refractivity contribution in [3.8, 4) is 21.9 Å². The number of nitro groups is 1. The SMILES string of the molecule is CS(=O)(=O)c1nnc(-c2cc([N+](=O)[O-])ccc2-c2ccco2)s1. The zero-order valence-electron chi connectivity index (χ0n) is 11.7. The van der Waals surface area contributed by atoms with Gasteiger partial charge in [-0.2, -0.15) is 0 Å². The Morgan fingerprint density at radius 3 is 2.57 bits per heavy atom. The molecule has 2 heterocycles. The van der Waals surface area contributed by atoms with Crippen LogP contribution in [0.4, 0.5) is 5.69 Å². The molecule has 0 saturated heterocycles. The number of nitro benzene ring substituents is 1. The van der Waals surface area contributed by atoms with Crippen LogP contribution in [0.25, 0.3) is 21.9 Å². The first-order valence-electron chi connectivity index (χ1n) is 6.22. The Morgan fingerprint density at radius 1 is 1.22 bits per heavy atom.